The first-order valence-corrected chi connectivity index (χ1v) is 2.32. The Morgan fingerprint density at radius 1 is 0.857 bits per heavy atom. The van der Waals surface area contributed by atoms with Crippen LogP contribution in [0, 0.1) is 0 Å². The Kier molecular flexibility index (Phi) is 4.95. The molecule has 0 spiro atoms. The molecule has 0 atom stereocenters. The molecule has 7 heavy (non-hydrogen) atoms. The molecule has 0 aliphatic heterocycles. The average Bonchev–Trinajstić information content (AvgIpc) is 1.72. The molecule has 0 heterocycles. The maximum absolute atomic E-state index is 2.18. The predicted molar refractivity (Wildman–Crippen MR) is 33.3 cm³/mol. The second-order valence-electron chi connectivity index (χ2n) is 1.43. The average molecular weight is 103 g/mol. The van der Waals surface area contributed by atoms with Gasteiger partial charge in [-0.2, -0.15) is 0 Å². The minimum atomic E-state index is 0. The van der Waals surface area contributed by atoms with Crippen LogP contribution in [-0.2, 0) is 0 Å². The van der Waals surface area contributed by atoms with Gasteiger partial charge in [0, 0.05) is 29.6 Å². The first-order valence-electron chi connectivity index (χ1n) is 2.32. The van der Waals surface area contributed by atoms with Crippen LogP contribution in [0.25, 0.3) is 0 Å². The summed E-state index contributed by atoms with van der Waals surface area (Å²) in [5, 5.41) is 0. The summed E-state index contributed by atoms with van der Waals surface area (Å²) in [6.07, 6.45) is 11.0. The van der Waals surface area contributed by atoms with E-state index in [1.807, 2.05) is 0 Å². The van der Waals surface area contributed by atoms with Gasteiger partial charge in [-0.1, -0.05) is 24.3 Å². The molecule has 0 saturated carbocycles. The van der Waals surface area contributed by atoms with Crippen molar-refractivity contribution >= 4 is 29.6 Å². The van der Waals surface area contributed by atoms with Gasteiger partial charge in [-0.05, 0) is 12.8 Å². The molecule has 0 saturated heterocycles. The molecule has 33 valence electrons. The molecular formula is C6H8Na. The van der Waals surface area contributed by atoms with E-state index >= 15 is 0 Å². The minimum absolute atomic E-state index is 0. The van der Waals surface area contributed by atoms with Crippen LogP contribution < -0.4 is 0 Å². The quantitative estimate of drug-likeness (QED) is 0.408. The van der Waals surface area contributed by atoms with Crippen LogP contribution in [0.3, 0.4) is 0 Å². The zero-order valence-corrected chi connectivity index (χ0v) is 6.72. The smallest absolute Gasteiger partial charge is 0 e. The summed E-state index contributed by atoms with van der Waals surface area (Å²) in [5.74, 6) is 0. The molecule has 0 fully saturated rings. The maximum atomic E-state index is 2.18. The molecule has 0 aromatic carbocycles. The van der Waals surface area contributed by atoms with Crippen LogP contribution in [0.4, 0.5) is 0 Å². The molecule has 0 amide bonds. The van der Waals surface area contributed by atoms with Crippen molar-refractivity contribution in [2.24, 2.45) is 0 Å². The molecule has 1 rings (SSSR count). The van der Waals surface area contributed by atoms with Crippen LogP contribution in [0.2, 0.25) is 0 Å². The fourth-order valence-electron chi connectivity index (χ4n) is 0.542. The maximum Gasteiger partial charge on any atom is 0 e. The van der Waals surface area contributed by atoms with E-state index in [0.717, 1.165) is 0 Å². The van der Waals surface area contributed by atoms with Crippen molar-refractivity contribution in [1.82, 2.24) is 0 Å². The van der Waals surface area contributed by atoms with Crippen molar-refractivity contribution in [3.8, 4) is 0 Å². The van der Waals surface area contributed by atoms with E-state index in [4.69, 9.17) is 0 Å². The van der Waals surface area contributed by atoms with Gasteiger partial charge in [0.25, 0.3) is 0 Å². The van der Waals surface area contributed by atoms with Crippen LogP contribution in [0.15, 0.2) is 24.3 Å². The topological polar surface area (TPSA) is 0 Å². The Balaban J connectivity index is 0.000000360. The third-order valence-electron chi connectivity index (χ3n) is 0.883. The fraction of sp³-hybridized carbons (Fsp3) is 0.333. The minimum Gasteiger partial charge on any atom is -0.0842 e. The van der Waals surface area contributed by atoms with Crippen molar-refractivity contribution in [2.75, 3.05) is 0 Å². The second kappa shape index (κ2) is 4.63. The summed E-state index contributed by atoms with van der Waals surface area (Å²) in [5.41, 5.74) is 0. The number of rotatable bonds is 0. The van der Waals surface area contributed by atoms with Crippen LogP contribution in [-0.4, -0.2) is 29.6 Å². The van der Waals surface area contributed by atoms with E-state index in [-0.39, 0.29) is 29.6 Å². The molecule has 0 nitrogen and oxygen atoms in total. The summed E-state index contributed by atoms with van der Waals surface area (Å²) >= 11 is 0. The summed E-state index contributed by atoms with van der Waals surface area (Å²) in [7, 11) is 0. The van der Waals surface area contributed by atoms with E-state index in [1.165, 1.54) is 12.8 Å². The Bertz CT molecular complexity index is 70.2. The molecule has 0 aromatic rings. The molecule has 1 radical (unpaired) electrons. The van der Waals surface area contributed by atoms with Crippen LogP contribution >= 0.6 is 0 Å². The van der Waals surface area contributed by atoms with Crippen molar-refractivity contribution in [3.63, 3.8) is 0 Å². The molecule has 1 heteroatoms. The molecule has 1 aliphatic carbocycles. The molecule has 0 aromatic heterocycles. The van der Waals surface area contributed by atoms with Gasteiger partial charge >= 0.3 is 0 Å². The van der Waals surface area contributed by atoms with Gasteiger partial charge < -0.3 is 0 Å². The Hall–Kier alpha value is 0.480. The SMILES string of the molecule is C1=CCCC=C1.[Na]. The summed E-state index contributed by atoms with van der Waals surface area (Å²) in [6.45, 7) is 0. The molecule has 0 N–H and O–H groups in total. The van der Waals surface area contributed by atoms with E-state index in [9.17, 15) is 0 Å². The number of hydrogen-bond acceptors (Lipinski definition) is 0. The summed E-state index contributed by atoms with van der Waals surface area (Å²) < 4.78 is 0. The van der Waals surface area contributed by atoms with E-state index in [0.29, 0.717) is 0 Å². The van der Waals surface area contributed by atoms with E-state index in [2.05, 4.69) is 24.3 Å². The first-order chi connectivity index (χ1) is 3.00. The second-order valence-corrected chi connectivity index (χ2v) is 1.43. The monoisotopic (exact) mass is 103 g/mol. The van der Waals surface area contributed by atoms with E-state index < -0.39 is 0 Å². The molecule has 0 unspecified atom stereocenters. The third-order valence-corrected chi connectivity index (χ3v) is 0.883. The van der Waals surface area contributed by atoms with E-state index in [1.54, 1.807) is 0 Å². The van der Waals surface area contributed by atoms with Crippen molar-refractivity contribution < 1.29 is 0 Å². The fourth-order valence-corrected chi connectivity index (χ4v) is 0.542. The third kappa shape index (κ3) is 3.10. The van der Waals surface area contributed by atoms with Crippen molar-refractivity contribution in [3.05, 3.63) is 24.3 Å². The van der Waals surface area contributed by atoms with Gasteiger partial charge in [0.2, 0.25) is 0 Å². The number of allylic oxidation sites excluding steroid dienone is 4. The van der Waals surface area contributed by atoms with Gasteiger partial charge in [-0.25, -0.2) is 0 Å². The van der Waals surface area contributed by atoms with Crippen LogP contribution in [0.5, 0.6) is 0 Å². The zero-order valence-electron chi connectivity index (χ0n) is 4.72. The van der Waals surface area contributed by atoms with Crippen molar-refractivity contribution in [2.45, 2.75) is 12.8 Å². The van der Waals surface area contributed by atoms with Gasteiger partial charge in [0.15, 0.2) is 0 Å². The van der Waals surface area contributed by atoms with Gasteiger partial charge in [-0.3, -0.25) is 0 Å². The Morgan fingerprint density at radius 3 is 1.43 bits per heavy atom. The Morgan fingerprint density at radius 2 is 1.29 bits per heavy atom. The number of hydrogen-bond donors (Lipinski definition) is 0. The van der Waals surface area contributed by atoms with Gasteiger partial charge in [0.05, 0.1) is 0 Å². The molecule has 0 bridgehead atoms. The Labute approximate surface area is 66.6 Å². The molecular weight excluding hydrogens is 95.1 g/mol. The molecule has 1 aliphatic rings. The van der Waals surface area contributed by atoms with Crippen LogP contribution in [0.1, 0.15) is 12.8 Å². The normalized spacial score (nSPS) is 16.0. The largest absolute Gasteiger partial charge is 0.0842 e. The zero-order chi connectivity index (χ0) is 4.24. The predicted octanol–water partition coefficient (Wildman–Crippen LogP) is 1.51. The first kappa shape index (κ1) is 7.48. The standard InChI is InChI=1S/C6H8.Na/c1-2-4-6-5-3-1;/h1-4H,5-6H2;. The summed E-state index contributed by atoms with van der Waals surface area (Å²) in [4.78, 5) is 0. The van der Waals surface area contributed by atoms with Gasteiger partial charge in [-0.15, -0.1) is 0 Å². The van der Waals surface area contributed by atoms with Crippen molar-refractivity contribution in [1.29, 1.82) is 0 Å². The van der Waals surface area contributed by atoms with Gasteiger partial charge in [0.1, 0.15) is 0 Å². The summed E-state index contributed by atoms with van der Waals surface area (Å²) in [6, 6.07) is 0.